The molecule has 0 atom stereocenters. The summed E-state index contributed by atoms with van der Waals surface area (Å²) in [7, 11) is 1.51. The zero-order valence-corrected chi connectivity index (χ0v) is 10.9. The summed E-state index contributed by atoms with van der Waals surface area (Å²) in [6.45, 7) is 0. The van der Waals surface area contributed by atoms with E-state index in [1.165, 1.54) is 13.3 Å². The number of hydrogen-bond donors (Lipinski definition) is 2. The number of nitrogens with one attached hydrogen (secondary N) is 1. The minimum absolute atomic E-state index is 0.278. The number of benzene rings is 1. The molecule has 0 bridgehead atoms. The Balaban J connectivity index is 2.17. The molecule has 0 spiro atoms. The number of carbonyl (C=O) groups excluding carboxylic acids is 1. The summed E-state index contributed by atoms with van der Waals surface area (Å²) in [4.78, 5) is 15.9. The van der Waals surface area contributed by atoms with Gasteiger partial charge in [-0.1, -0.05) is 11.6 Å². The lowest BCUT2D eigenvalue weighted by molar-refractivity contribution is 0.102. The molecule has 3 N–H and O–H groups in total. The first-order valence-electron chi connectivity index (χ1n) is 5.46. The van der Waals surface area contributed by atoms with Crippen molar-refractivity contribution >= 4 is 28.9 Å². The van der Waals surface area contributed by atoms with Crippen LogP contribution in [0, 0.1) is 0 Å². The lowest BCUT2D eigenvalue weighted by Crippen LogP contribution is -2.13. The molecule has 1 aromatic carbocycles. The Hall–Kier alpha value is -2.27. The monoisotopic (exact) mass is 277 g/mol. The molecule has 98 valence electrons. The molecule has 0 aliphatic heterocycles. The third kappa shape index (κ3) is 3.14. The first-order chi connectivity index (χ1) is 9.10. The Kier molecular flexibility index (Phi) is 3.87. The number of pyridine rings is 1. The third-order valence-electron chi connectivity index (χ3n) is 2.45. The van der Waals surface area contributed by atoms with E-state index in [1.807, 2.05) is 0 Å². The molecule has 0 radical (unpaired) electrons. The zero-order chi connectivity index (χ0) is 13.8. The van der Waals surface area contributed by atoms with Crippen LogP contribution in [0.1, 0.15) is 10.5 Å². The standard InChI is InChI=1S/C13H12ClN3O2/c1-19-12-6-9(3-4-10(12)15)17-13(18)11-5-2-8(14)7-16-11/h2-7H,15H2,1H3,(H,17,18). The second-order valence-corrected chi connectivity index (χ2v) is 4.21. The van der Waals surface area contributed by atoms with Crippen LogP contribution in [-0.2, 0) is 0 Å². The summed E-state index contributed by atoms with van der Waals surface area (Å²) in [5.41, 5.74) is 7.05. The van der Waals surface area contributed by atoms with Crippen molar-refractivity contribution in [2.45, 2.75) is 0 Å². The van der Waals surface area contributed by atoms with Gasteiger partial charge in [0.25, 0.3) is 5.91 Å². The normalized spacial score (nSPS) is 10.0. The quantitative estimate of drug-likeness (QED) is 0.846. The number of aromatic nitrogens is 1. The lowest BCUT2D eigenvalue weighted by Gasteiger charge is -2.08. The number of hydrogen-bond acceptors (Lipinski definition) is 4. The van der Waals surface area contributed by atoms with E-state index in [2.05, 4.69) is 10.3 Å². The van der Waals surface area contributed by atoms with Gasteiger partial charge in [0.2, 0.25) is 0 Å². The van der Waals surface area contributed by atoms with Gasteiger partial charge in [-0.15, -0.1) is 0 Å². The van der Waals surface area contributed by atoms with Crippen LogP contribution >= 0.6 is 11.6 Å². The first-order valence-corrected chi connectivity index (χ1v) is 5.84. The predicted octanol–water partition coefficient (Wildman–Crippen LogP) is 2.58. The summed E-state index contributed by atoms with van der Waals surface area (Å²) in [6, 6.07) is 8.14. The predicted molar refractivity (Wildman–Crippen MR) is 74.6 cm³/mol. The molecule has 0 unspecified atom stereocenters. The summed E-state index contributed by atoms with van der Waals surface area (Å²) in [5, 5.41) is 3.18. The van der Waals surface area contributed by atoms with Crippen LogP contribution in [0.25, 0.3) is 0 Å². The van der Waals surface area contributed by atoms with Crippen molar-refractivity contribution in [2.75, 3.05) is 18.2 Å². The van der Waals surface area contributed by atoms with Gasteiger partial charge in [0, 0.05) is 18.0 Å². The second kappa shape index (κ2) is 5.58. The molecule has 6 heteroatoms. The molecular weight excluding hydrogens is 266 g/mol. The van der Waals surface area contributed by atoms with Crippen molar-refractivity contribution < 1.29 is 9.53 Å². The topological polar surface area (TPSA) is 77.2 Å². The van der Waals surface area contributed by atoms with E-state index < -0.39 is 0 Å². The van der Waals surface area contributed by atoms with Crippen molar-refractivity contribution in [3.8, 4) is 5.75 Å². The Morgan fingerprint density at radius 2 is 2.16 bits per heavy atom. The summed E-state index contributed by atoms with van der Waals surface area (Å²) in [5.74, 6) is 0.172. The summed E-state index contributed by atoms with van der Waals surface area (Å²) in [6.07, 6.45) is 1.42. The Morgan fingerprint density at radius 1 is 1.37 bits per heavy atom. The number of methoxy groups -OCH3 is 1. The van der Waals surface area contributed by atoms with E-state index in [0.717, 1.165) is 0 Å². The fourth-order valence-corrected chi connectivity index (χ4v) is 1.61. The highest BCUT2D eigenvalue weighted by atomic mass is 35.5. The van der Waals surface area contributed by atoms with Gasteiger partial charge in [-0.25, -0.2) is 4.98 Å². The molecule has 19 heavy (non-hydrogen) atoms. The van der Waals surface area contributed by atoms with Gasteiger partial charge in [-0.2, -0.15) is 0 Å². The number of carbonyl (C=O) groups is 1. The van der Waals surface area contributed by atoms with Crippen LogP contribution in [0.2, 0.25) is 5.02 Å². The Bertz CT molecular complexity index is 599. The highest BCUT2D eigenvalue weighted by molar-refractivity contribution is 6.30. The number of nitrogen functional groups attached to an aromatic ring is 1. The largest absolute Gasteiger partial charge is 0.495 e. The maximum absolute atomic E-state index is 11.9. The minimum atomic E-state index is -0.330. The lowest BCUT2D eigenvalue weighted by atomic mass is 10.2. The number of nitrogens with two attached hydrogens (primary N) is 1. The molecule has 0 saturated heterocycles. The fourth-order valence-electron chi connectivity index (χ4n) is 1.49. The number of rotatable bonds is 3. The van der Waals surface area contributed by atoms with Crippen molar-refractivity contribution in [2.24, 2.45) is 0 Å². The van der Waals surface area contributed by atoms with Gasteiger partial charge in [0.15, 0.2) is 0 Å². The minimum Gasteiger partial charge on any atom is -0.495 e. The number of halogens is 1. The van der Waals surface area contributed by atoms with Gasteiger partial charge >= 0.3 is 0 Å². The molecule has 0 aliphatic rings. The van der Waals surface area contributed by atoms with Crippen molar-refractivity contribution in [1.29, 1.82) is 0 Å². The Labute approximate surface area is 115 Å². The summed E-state index contributed by atoms with van der Waals surface area (Å²) >= 11 is 5.71. The molecular formula is C13H12ClN3O2. The highest BCUT2D eigenvalue weighted by Gasteiger charge is 2.09. The molecule has 2 rings (SSSR count). The number of amides is 1. The molecule has 1 amide bonds. The van der Waals surface area contributed by atoms with Crippen molar-refractivity contribution in [3.05, 3.63) is 47.2 Å². The van der Waals surface area contributed by atoms with Crippen LogP contribution in [0.3, 0.4) is 0 Å². The number of nitrogens with zero attached hydrogens (tertiary/aromatic N) is 1. The molecule has 1 aromatic heterocycles. The van der Waals surface area contributed by atoms with Gasteiger partial charge in [-0.05, 0) is 24.3 Å². The molecule has 5 nitrogen and oxygen atoms in total. The maximum Gasteiger partial charge on any atom is 0.274 e. The van der Waals surface area contributed by atoms with E-state index >= 15 is 0 Å². The molecule has 0 fully saturated rings. The van der Waals surface area contributed by atoms with Crippen LogP contribution in [0.5, 0.6) is 5.75 Å². The van der Waals surface area contributed by atoms with Gasteiger partial charge < -0.3 is 15.8 Å². The number of ether oxygens (including phenoxy) is 1. The van der Waals surface area contributed by atoms with Crippen LogP contribution in [-0.4, -0.2) is 18.0 Å². The average Bonchev–Trinajstić information content (AvgIpc) is 2.41. The van der Waals surface area contributed by atoms with E-state index in [9.17, 15) is 4.79 Å². The van der Waals surface area contributed by atoms with Crippen LogP contribution in [0.15, 0.2) is 36.5 Å². The van der Waals surface area contributed by atoms with Gasteiger partial charge in [-0.3, -0.25) is 4.79 Å². The molecule has 2 aromatic rings. The average molecular weight is 278 g/mol. The first kappa shape index (κ1) is 13.2. The fraction of sp³-hybridized carbons (Fsp3) is 0.0769. The molecule has 0 saturated carbocycles. The smallest absolute Gasteiger partial charge is 0.274 e. The van der Waals surface area contributed by atoms with E-state index in [1.54, 1.807) is 30.3 Å². The van der Waals surface area contributed by atoms with Gasteiger partial charge in [0.05, 0.1) is 17.8 Å². The molecule has 0 aliphatic carbocycles. The highest BCUT2D eigenvalue weighted by Crippen LogP contribution is 2.25. The van der Waals surface area contributed by atoms with Crippen molar-refractivity contribution in [3.63, 3.8) is 0 Å². The maximum atomic E-state index is 11.9. The van der Waals surface area contributed by atoms with Crippen LogP contribution in [0.4, 0.5) is 11.4 Å². The van der Waals surface area contributed by atoms with E-state index in [0.29, 0.717) is 22.1 Å². The summed E-state index contributed by atoms with van der Waals surface area (Å²) < 4.78 is 5.08. The van der Waals surface area contributed by atoms with E-state index in [4.69, 9.17) is 22.1 Å². The third-order valence-corrected chi connectivity index (χ3v) is 2.67. The zero-order valence-electron chi connectivity index (χ0n) is 10.2. The second-order valence-electron chi connectivity index (χ2n) is 3.77. The molecule has 1 heterocycles. The van der Waals surface area contributed by atoms with Crippen molar-refractivity contribution in [1.82, 2.24) is 4.98 Å². The number of anilines is 2. The van der Waals surface area contributed by atoms with E-state index in [-0.39, 0.29) is 11.6 Å². The SMILES string of the molecule is COc1cc(NC(=O)c2ccc(Cl)cn2)ccc1N. The van der Waals surface area contributed by atoms with Gasteiger partial charge in [0.1, 0.15) is 11.4 Å². The Morgan fingerprint density at radius 3 is 2.79 bits per heavy atom. The van der Waals surface area contributed by atoms with Crippen LogP contribution < -0.4 is 15.8 Å².